The lowest BCUT2D eigenvalue weighted by molar-refractivity contribution is -0.120. The predicted octanol–water partition coefficient (Wildman–Crippen LogP) is 0.668. The summed E-state index contributed by atoms with van der Waals surface area (Å²) in [6.45, 7) is 3.69. The van der Waals surface area contributed by atoms with Crippen molar-refractivity contribution in [2.45, 2.75) is 19.8 Å². The van der Waals surface area contributed by atoms with Crippen LogP contribution < -0.4 is 10.2 Å². The summed E-state index contributed by atoms with van der Waals surface area (Å²) < 4.78 is 0. The minimum absolute atomic E-state index is 0.0209. The lowest BCUT2D eigenvalue weighted by Gasteiger charge is -2.21. The number of carbonyl (C=O) groups is 2. The van der Waals surface area contributed by atoms with Gasteiger partial charge < -0.3 is 15.3 Å². The molecular weight excluding hydrogens is 246 g/mol. The van der Waals surface area contributed by atoms with E-state index in [1.807, 2.05) is 11.8 Å². The van der Waals surface area contributed by atoms with E-state index in [2.05, 4.69) is 10.3 Å². The summed E-state index contributed by atoms with van der Waals surface area (Å²) in [5, 5.41) is 11.9. The van der Waals surface area contributed by atoms with Gasteiger partial charge in [0.25, 0.3) is 0 Å². The Hall–Kier alpha value is -2.11. The number of carboxylic acids is 1. The van der Waals surface area contributed by atoms with E-state index >= 15 is 0 Å². The van der Waals surface area contributed by atoms with E-state index in [1.54, 1.807) is 12.1 Å². The Bertz CT molecular complexity index is 502. The third-order valence-electron chi connectivity index (χ3n) is 3.11. The average Bonchev–Trinajstić information content (AvgIpc) is 2.63. The van der Waals surface area contributed by atoms with Gasteiger partial charge in [0.15, 0.2) is 0 Å². The van der Waals surface area contributed by atoms with Gasteiger partial charge in [-0.05, 0) is 18.6 Å². The molecule has 0 saturated carbocycles. The molecule has 1 aromatic rings. The Balaban J connectivity index is 2.29. The van der Waals surface area contributed by atoms with Gasteiger partial charge in [0.2, 0.25) is 5.91 Å². The molecule has 1 fully saturated rings. The Labute approximate surface area is 111 Å². The zero-order valence-corrected chi connectivity index (χ0v) is 10.8. The van der Waals surface area contributed by atoms with Crippen LogP contribution in [0.3, 0.4) is 0 Å². The number of aryl methyl sites for hydroxylation is 1. The molecule has 0 aliphatic carbocycles. The molecule has 1 aromatic heterocycles. The van der Waals surface area contributed by atoms with E-state index in [9.17, 15) is 9.59 Å². The first-order chi connectivity index (χ1) is 9.10. The summed E-state index contributed by atoms with van der Waals surface area (Å²) in [6.07, 6.45) is 1.08. The van der Waals surface area contributed by atoms with Gasteiger partial charge in [-0.1, -0.05) is 6.92 Å². The van der Waals surface area contributed by atoms with E-state index in [1.165, 1.54) is 0 Å². The zero-order valence-electron chi connectivity index (χ0n) is 10.8. The van der Waals surface area contributed by atoms with E-state index in [0.29, 0.717) is 38.3 Å². The smallest absolute Gasteiger partial charge is 0.335 e. The first-order valence-corrected chi connectivity index (χ1v) is 6.36. The first kappa shape index (κ1) is 13.3. The Kier molecular flexibility index (Phi) is 3.99. The van der Waals surface area contributed by atoms with Crippen LogP contribution in [0.1, 0.15) is 29.4 Å². The maximum Gasteiger partial charge on any atom is 0.335 e. The molecule has 19 heavy (non-hydrogen) atoms. The summed E-state index contributed by atoms with van der Waals surface area (Å²) in [6, 6.07) is 3.16. The fourth-order valence-electron chi connectivity index (χ4n) is 2.03. The molecule has 0 spiro atoms. The summed E-state index contributed by atoms with van der Waals surface area (Å²) >= 11 is 0. The number of nitrogens with zero attached hydrogens (tertiary/aromatic N) is 2. The molecule has 2 heterocycles. The number of aromatic nitrogens is 1. The highest BCUT2D eigenvalue weighted by Gasteiger charge is 2.17. The number of hydrogen-bond donors (Lipinski definition) is 2. The summed E-state index contributed by atoms with van der Waals surface area (Å²) in [7, 11) is 0. The SMILES string of the molecule is CCc1cc(C(=O)O)cc(N2CCNC(=O)CC2)n1. The number of carbonyl (C=O) groups excluding carboxylic acids is 1. The topological polar surface area (TPSA) is 82.5 Å². The van der Waals surface area contributed by atoms with Crippen molar-refractivity contribution in [2.24, 2.45) is 0 Å². The van der Waals surface area contributed by atoms with Crippen LogP contribution in [-0.2, 0) is 11.2 Å². The fourth-order valence-corrected chi connectivity index (χ4v) is 2.03. The molecule has 0 aromatic carbocycles. The van der Waals surface area contributed by atoms with Gasteiger partial charge in [-0.2, -0.15) is 0 Å². The lowest BCUT2D eigenvalue weighted by Crippen LogP contribution is -2.29. The molecule has 0 bridgehead atoms. The van der Waals surface area contributed by atoms with Crippen LogP contribution >= 0.6 is 0 Å². The van der Waals surface area contributed by atoms with Crippen LogP contribution in [0.15, 0.2) is 12.1 Å². The Morgan fingerprint density at radius 1 is 1.47 bits per heavy atom. The van der Waals surface area contributed by atoms with Gasteiger partial charge >= 0.3 is 5.97 Å². The number of rotatable bonds is 3. The van der Waals surface area contributed by atoms with E-state index in [4.69, 9.17) is 5.11 Å². The number of anilines is 1. The van der Waals surface area contributed by atoms with E-state index in [-0.39, 0.29) is 11.5 Å². The number of aromatic carboxylic acids is 1. The summed E-state index contributed by atoms with van der Waals surface area (Å²) in [5.74, 6) is -0.303. The molecule has 0 unspecified atom stereocenters. The standard InChI is InChI=1S/C13H17N3O3/c1-2-10-7-9(13(18)19)8-11(15-10)16-5-3-12(17)14-4-6-16/h7-8H,2-6H2,1H3,(H,14,17)(H,18,19). The number of amides is 1. The highest BCUT2D eigenvalue weighted by atomic mass is 16.4. The number of pyridine rings is 1. The van der Waals surface area contributed by atoms with Gasteiger partial charge in [-0.25, -0.2) is 9.78 Å². The Morgan fingerprint density at radius 3 is 2.95 bits per heavy atom. The molecule has 102 valence electrons. The second-order valence-electron chi connectivity index (χ2n) is 4.45. The minimum atomic E-state index is -0.956. The number of nitrogens with one attached hydrogen (secondary N) is 1. The molecule has 6 nitrogen and oxygen atoms in total. The molecule has 2 N–H and O–H groups in total. The van der Waals surface area contributed by atoms with Crippen molar-refractivity contribution in [1.82, 2.24) is 10.3 Å². The molecular formula is C13H17N3O3. The van der Waals surface area contributed by atoms with E-state index < -0.39 is 5.97 Å². The third-order valence-corrected chi connectivity index (χ3v) is 3.11. The largest absolute Gasteiger partial charge is 0.478 e. The van der Waals surface area contributed by atoms with Crippen LogP contribution in [0, 0.1) is 0 Å². The second kappa shape index (κ2) is 5.69. The van der Waals surface area contributed by atoms with Crippen molar-refractivity contribution in [3.05, 3.63) is 23.4 Å². The van der Waals surface area contributed by atoms with Crippen molar-refractivity contribution in [3.63, 3.8) is 0 Å². The third kappa shape index (κ3) is 3.21. The van der Waals surface area contributed by atoms with Crippen molar-refractivity contribution in [2.75, 3.05) is 24.5 Å². The maximum atomic E-state index is 11.3. The average molecular weight is 263 g/mol. The predicted molar refractivity (Wildman–Crippen MR) is 70.4 cm³/mol. The van der Waals surface area contributed by atoms with Crippen LogP contribution in [0.4, 0.5) is 5.82 Å². The minimum Gasteiger partial charge on any atom is -0.478 e. The highest BCUT2D eigenvalue weighted by molar-refractivity contribution is 5.88. The van der Waals surface area contributed by atoms with Gasteiger partial charge in [-0.15, -0.1) is 0 Å². The zero-order chi connectivity index (χ0) is 13.8. The van der Waals surface area contributed by atoms with Crippen molar-refractivity contribution in [1.29, 1.82) is 0 Å². The molecule has 1 aliphatic rings. The molecule has 6 heteroatoms. The summed E-state index contributed by atoms with van der Waals surface area (Å²) in [4.78, 5) is 28.8. The fraction of sp³-hybridized carbons (Fsp3) is 0.462. The monoisotopic (exact) mass is 263 g/mol. The highest BCUT2D eigenvalue weighted by Crippen LogP contribution is 2.17. The molecule has 1 saturated heterocycles. The molecule has 0 radical (unpaired) electrons. The van der Waals surface area contributed by atoms with Gasteiger partial charge in [0.05, 0.1) is 5.56 Å². The number of hydrogen-bond acceptors (Lipinski definition) is 4. The lowest BCUT2D eigenvalue weighted by atomic mass is 10.2. The van der Waals surface area contributed by atoms with Crippen molar-refractivity contribution in [3.8, 4) is 0 Å². The maximum absolute atomic E-state index is 11.3. The van der Waals surface area contributed by atoms with Gasteiger partial charge in [0.1, 0.15) is 5.82 Å². The van der Waals surface area contributed by atoms with E-state index in [0.717, 1.165) is 5.69 Å². The molecule has 0 atom stereocenters. The molecule has 2 rings (SSSR count). The van der Waals surface area contributed by atoms with Crippen LogP contribution in [0.2, 0.25) is 0 Å². The van der Waals surface area contributed by atoms with Crippen LogP contribution in [-0.4, -0.2) is 41.6 Å². The van der Waals surface area contributed by atoms with Crippen molar-refractivity contribution < 1.29 is 14.7 Å². The number of carboxylic acid groups (broad SMARTS) is 1. The van der Waals surface area contributed by atoms with Gasteiger partial charge in [-0.3, -0.25) is 4.79 Å². The molecule has 1 aliphatic heterocycles. The quantitative estimate of drug-likeness (QED) is 0.837. The molecule has 1 amide bonds. The first-order valence-electron chi connectivity index (χ1n) is 6.36. The summed E-state index contributed by atoms with van der Waals surface area (Å²) in [5.41, 5.74) is 0.990. The van der Waals surface area contributed by atoms with Crippen molar-refractivity contribution >= 4 is 17.7 Å². The van der Waals surface area contributed by atoms with Gasteiger partial charge in [0, 0.05) is 31.7 Å². The van der Waals surface area contributed by atoms with Crippen LogP contribution in [0.5, 0.6) is 0 Å². The second-order valence-corrected chi connectivity index (χ2v) is 4.45. The Morgan fingerprint density at radius 2 is 2.26 bits per heavy atom. The van der Waals surface area contributed by atoms with Crippen LogP contribution in [0.25, 0.3) is 0 Å². The normalized spacial score (nSPS) is 15.8.